The Hall–Kier alpha value is -3.97. The van der Waals surface area contributed by atoms with Crippen molar-refractivity contribution in [3.8, 4) is 22.6 Å². The molecule has 5 rings (SSSR count). The van der Waals surface area contributed by atoms with E-state index in [0.717, 1.165) is 6.54 Å². The molecule has 48 heavy (non-hydrogen) atoms. The molecule has 3 atom stereocenters. The molecule has 0 radical (unpaired) electrons. The second-order valence-electron chi connectivity index (χ2n) is 12.0. The molecule has 2 aromatic heterocycles. The number of fused-ring (bicyclic) bond motifs is 1. The van der Waals surface area contributed by atoms with E-state index in [2.05, 4.69) is 28.4 Å². The molecule has 0 spiro atoms. The normalized spacial score (nSPS) is 19.9. The van der Waals surface area contributed by atoms with E-state index in [9.17, 15) is 14.4 Å². The lowest BCUT2D eigenvalue weighted by molar-refractivity contribution is -0.130. The number of hydrogen-bond donors (Lipinski definition) is 1. The average molecular weight is 700 g/mol. The quantitative estimate of drug-likeness (QED) is 0.271. The van der Waals surface area contributed by atoms with Gasteiger partial charge in [0.2, 0.25) is 11.9 Å². The maximum atomic E-state index is 14.5. The van der Waals surface area contributed by atoms with E-state index in [1.807, 2.05) is 7.05 Å². The Morgan fingerprint density at radius 3 is 2.52 bits per heavy atom. The number of nitrogens with zero attached hydrogens (tertiary/aromatic N) is 5. The van der Waals surface area contributed by atoms with Crippen LogP contribution in [-0.2, 0) is 20.9 Å². The monoisotopic (exact) mass is 698 g/mol. The predicted octanol–water partition coefficient (Wildman–Crippen LogP) is 4.46. The minimum atomic E-state index is -0.396. The fourth-order valence-electron chi connectivity index (χ4n) is 6.37. The zero-order chi connectivity index (χ0) is 34.5. The lowest BCUT2D eigenvalue weighted by Gasteiger charge is -2.39. The number of halogens is 2. The van der Waals surface area contributed by atoms with Gasteiger partial charge in [0.05, 0.1) is 42.5 Å². The van der Waals surface area contributed by atoms with Crippen LogP contribution in [0, 0.1) is 5.92 Å². The summed E-state index contributed by atoms with van der Waals surface area (Å²) in [6, 6.07) is 2.81. The summed E-state index contributed by atoms with van der Waals surface area (Å²) in [5, 5.41) is 4.20. The van der Waals surface area contributed by atoms with Crippen LogP contribution in [0.1, 0.15) is 19.3 Å². The number of benzene rings is 1. The van der Waals surface area contributed by atoms with E-state index in [1.54, 1.807) is 27.8 Å². The van der Waals surface area contributed by atoms with Gasteiger partial charge in [0.1, 0.15) is 17.1 Å². The van der Waals surface area contributed by atoms with E-state index < -0.39 is 5.56 Å². The van der Waals surface area contributed by atoms with Crippen LogP contribution in [0.15, 0.2) is 48.4 Å². The summed E-state index contributed by atoms with van der Waals surface area (Å²) in [7, 11) is 4.93. The molecule has 1 N–H and O–H groups in total. The number of nitrogens with one attached hydrogen (secondary N) is 1. The average Bonchev–Trinajstić information content (AvgIpc) is 3.09. The highest BCUT2D eigenvalue weighted by atomic mass is 35.5. The second kappa shape index (κ2) is 15.5. The number of allylic oxidation sites excluding steroid dienone is 1. The number of aryl methyl sites for hydroxylation is 1. The minimum absolute atomic E-state index is 0.00267. The van der Waals surface area contributed by atoms with Crippen molar-refractivity contribution in [2.75, 3.05) is 59.4 Å². The topological polar surface area (TPSA) is 128 Å². The number of ketones is 1. The van der Waals surface area contributed by atoms with E-state index >= 15 is 0 Å². The molecule has 2 aliphatic rings. The number of amides is 1. The fourth-order valence-corrected chi connectivity index (χ4v) is 7.08. The highest BCUT2D eigenvalue weighted by Crippen LogP contribution is 2.45. The Bertz CT molecular complexity index is 1750. The first-order valence-corrected chi connectivity index (χ1v) is 16.5. The summed E-state index contributed by atoms with van der Waals surface area (Å²) in [4.78, 5) is 52.8. The third kappa shape index (κ3) is 7.36. The van der Waals surface area contributed by atoms with Crippen LogP contribution in [0.5, 0.6) is 11.5 Å². The molecule has 1 amide bonds. The van der Waals surface area contributed by atoms with Crippen LogP contribution in [0.3, 0.4) is 0 Å². The lowest BCUT2D eigenvalue weighted by Crippen LogP contribution is -2.54. The van der Waals surface area contributed by atoms with Gasteiger partial charge >= 0.3 is 0 Å². The first kappa shape index (κ1) is 35.3. The van der Waals surface area contributed by atoms with E-state index in [0.29, 0.717) is 56.6 Å². The number of anilines is 1. The van der Waals surface area contributed by atoms with Gasteiger partial charge in [-0.2, -0.15) is 4.98 Å². The fraction of sp³-hybridized carbons (Fsp3) is 0.441. The van der Waals surface area contributed by atoms with Gasteiger partial charge in [-0.1, -0.05) is 36.4 Å². The maximum absolute atomic E-state index is 14.5. The number of hydrogen-bond acceptors (Lipinski definition) is 10. The van der Waals surface area contributed by atoms with Crippen molar-refractivity contribution in [1.82, 2.24) is 24.3 Å². The van der Waals surface area contributed by atoms with Gasteiger partial charge in [0.25, 0.3) is 5.56 Å². The Balaban J connectivity index is 1.61. The van der Waals surface area contributed by atoms with Crippen molar-refractivity contribution in [1.29, 1.82) is 0 Å². The standard InChI is InChI=1S/C34H40Cl2N6O6/c1-6-23(43)14-20-9-13-48-19-25(20)38-34-37-17-21-15-24(29-30(35)26(46-4)16-27(47-5)31(29)36)33(45)42(32(21)39-34)10-8-22-18-40(3)11-12-41(22)28(44)7-2/h6-7,15-17,20,22,25H,1-2,8-14,18-19H2,3-5H3,(H,37,38,39). The Morgan fingerprint density at radius 2 is 1.85 bits per heavy atom. The molecule has 3 aromatic rings. The number of ether oxygens (including phenoxy) is 3. The molecule has 0 bridgehead atoms. The summed E-state index contributed by atoms with van der Waals surface area (Å²) in [6.07, 6.45) is 5.75. The van der Waals surface area contributed by atoms with E-state index in [4.69, 9.17) is 42.4 Å². The molecular formula is C34H40Cl2N6O6. The summed E-state index contributed by atoms with van der Waals surface area (Å²) < 4.78 is 18.2. The van der Waals surface area contributed by atoms with Crippen molar-refractivity contribution in [3.05, 3.63) is 64.0 Å². The number of likely N-dealkylation sites (N-methyl/N-ethyl adjacent to an activating group) is 1. The van der Waals surface area contributed by atoms with Crippen LogP contribution in [0.4, 0.5) is 5.95 Å². The first-order chi connectivity index (χ1) is 23.1. The Kier molecular flexibility index (Phi) is 11.4. The smallest absolute Gasteiger partial charge is 0.260 e. The molecule has 14 heteroatoms. The molecule has 4 heterocycles. The number of piperazine rings is 1. The summed E-state index contributed by atoms with van der Waals surface area (Å²) >= 11 is 13.6. The van der Waals surface area contributed by atoms with Crippen molar-refractivity contribution in [2.45, 2.75) is 37.9 Å². The summed E-state index contributed by atoms with van der Waals surface area (Å²) in [6.45, 7) is 10.3. The van der Waals surface area contributed by atoms with Crippen molar-refractivity contribution in [3.63, 3.8) is 0 Å². The zero-order valence-corrected chi connectivity index (χ0v) is 28.9. The number of aromatic nitrogens is 3. The van der Waals surface area contributed by atoms with Gasteiger partial charge in [0.15, 0.2) is 5.78 Å². The highest BCUT2D eigenvalue weighted by Gasteiger charge is 2.30. The third-order valence-corrected chi connectivity index (χ3v) is 9.75. The Morgan fingerprint density at radius 1 is 1.12 bits per heavy atom. The van der Waals surface area contributed by atoms with E-state index in [1.165, 1.54) is 26.4 Å². The molecular weight excluding hydrogens is 659 g/mol. The van der Waals surface area contributed by atoms with Crippen LogP contribution in [-0.4, -0.2) is 102 Å². The van der Waals surface area contributed by atoms with Gasteiger partial charge in [-0.25, -0.2) is 4.98 Å². The first-order valence-electron chi connectivity index (χ1n) is 15.7. The molecule has 0 saturated carbocycles. The van der Waals surface area contributed by atoms with Gasteiger partial charge in [-0.3, -0.25) is 19.0 Å². The third-order valence-electron chi connectivity index (χ3n) is 9.00. The van der Waals surface area contributed by atoms with Crippen LogP contribution in [0.2, 0.25) is 10.0 Å². The summed E-state index contributed by atoms with van der Waals surface area (Å²) in [5.41, 5.74) is 0.451. The molecule has 12 nitrogen and oxygen atoms in total. The Labute approximate surface area is 289 Å². The molecule has 256 valence electrons. The van der Waals surface area contributed by atoms with Crippen LogP contribution >= 0.6 is 23.2 Å². The highest BCUT2D eigenvalue weighted by molar-refractivity contribution is 6.41. The van der Waals surface area contributed by atoms with Gasteiger partial charge in [0, 0.05) is 68.5 Å². The van der Waals surface area contributed by atoms with Crippen LogP contribution in [0.25, 0.3) is 22.2 Å². The zero-order valence-electron chi connectivity index (χ0n) is 27.3. The number of rotatable bonds is 12. The molecule has 2 saturated heterocycles. The van der Waals surface area contributed by atoms with Crippen molar-refractivity contribution < 1.29 is 23.8 Å². The minimum Gasteiger partial charge on any atom is -0.495 e. The lowest BCUT2D eigenvalue weighted by atomic mass is 9.90. The second-order valence-corrected chi connectivity index (χ2v) is 12.7. The largest absolute Gasteiger partial charge is 0.495 e. The van der Waals surface area contributed by atoms with Gasteiger partial charge < -0.3 is 29.3 Å². The van der Waals surface area contributed by atoms with Gasteiger partial charge in [-0.15, -0.1) is 0 Å². The number of carbonyl (C=O) groups is 2. The molecule has 2 fully saturated rings. The van der Waals surface area contributed by atoms with E-state index in [-0.39, 0.29) is 74.9 Å². The van der Waals surface area contributed by atoms with Gasteiger partial charge in [-0.05, 0) is 44.0 Å². The van der Waals surface area contributed by atoms with Crippen molar-refractivity contribution >= 4 is 51.9 Å². The van der Waals surface area contributed by atoms with Crippen molar-refractivity contribution in [2.24, 2.45) is 5.92 Å². The van der Waals surface area contributed by atoms with Crippen LogP contribution < -0.4 is 20.3 Å². The SMILES string of the molecule is C=CC(=O)CC1CCOCC1Nc1ncc2cc(-c3c(Cl)c(OC)cc(OC)c3Cl)c(=O)n(CCC3CN(C)CCN3C(=O)C=C)c2n1. The number of pyridine rings is 1. The molecule has 1 aromatic carbocycles. The summed E-state index contributed by atoms with van der Waals surface area (Å²) in [5.74, 6) is 0.662. The molecule has 3 unspecified atom stereocenters. The number of methoxy groups -OCH3 is 2. The molecule has 2 aliphatic heterocycles. The number of carbonyl (C=O) groups excluding carboxylic acids is 2. The predicted molar refractivity (Wildman–Crippen MR) is 186 cm³/mol. The molecule has 0 aliphatic carbocycles. The maximum Gasteiger partial charge on any atom is 0.260 e.